The van der Waals surface area contributed by atoms with E-state index in [4.69, 9.17) is 17.2 Å². The van der Waals surface area contributed by atoms with Crippen molar-refractivity contribution < 1.29 is 9.59 Å². The molecule has 5 heteroatoms. The maximum absolute atomic E-state index is 13.3. The Bertz CT molecular complexity index is 2180. The summed E-state index contributed by atoms with van der Waals surface area (Å²) in [5.74, 6) is -0.0576. The number of hydrogen-bond donors (Lipinski definition) is 3. The van der Waals surface area contributed by atoms with Crippen molar-refractivity contribution in [2.24, 2.45) is 0 Å². The van der Waals surface area contributed by atoms with Crippen molar-refractivity contribution in [3.05, 3.63) is 125 Å². The average Bonchev–Trinajstić information content (AvgIpc) is 3.41. The molecule has 0 radical (unpaired) electrons. The summed E-state index contributed by atoms with van der Waals surface area (Å²) in [6.45, 7) is 0. The molecule has 0 fully saturated rings. The fourth-order valence-electron chi connectivity index (χ4n) is 6.47. The van der Waals surface area contributed by atoms with Gasteiger partial charge in [0.05, 0.1) is 0 Å². The van der Waals surface area contributed by atoms with Gasteiger partial charge in [-0.05, 0) is 92.2 Å². The summed E-state index contributed by atoms with van der Waals surface area (Å²) in [5.41, 5.74) is 30.2. The van der Waals surface area contributed by atoms with Crippen LogP contribution in [0.1, 0.15) is 31.8 Å². The smallest absolute Gasteiger partial charge is 0.194 e. The molecule has 6 N–H and O–H groups in total. The second-order valence-corrected chi connectivity index (χ2v) is 10.7. The molecule has 0 bridgehead atoms. The van der Waals surface area contributed by atoms with E-state index in [1.807, 2.05) is 84.9 Å². The monoisotopic (exact) mass is 529 g/mol. The second kappa shape index (κ2) is 8.16. The number of hydrogen-bond acceptors (Lipinski definition) is 5. The quantitative estimate of drug-likeness (QED) is 0.203. The van der Waals surface area contributed by atoms with Crippen LogP contribution in [-0.4, -0.2) is 11.6 Å². The van der Waals surface area contributed by atoms with Gasteiger partial charge >= 0.3 is 0 Å². The number of carbonyl (C=O) groups is 2. The van der Waals surface area contributed by atoms with Crippen molar-refractivity contribution in [2.75, 3.05) is 17.2 Å². The number of rotatable bonds is 2. The summed E-state index contributed by atoms with van der Waals surface area (Å²) in [6.07, 6.45) is 0. The van der Waals surface area contributed by atoms with E-state index < -0.39 is 0 Å². The predicted molar refractivity (Wildman–Crippen MR) is 166 cm³/mol. The third-order valence-corrected chi connectivity index (χ3v) is 8.36. The van der Waals surface area contributed by atoms with Crippen LogP contribution in [0.25, 0.3) is 55.3 Å². The lowest BCUT2D eigenvalue weighted by Crippen LogP contribution is -1.99. The highest BCUT2D eigenvalue weighted by atomic mass is 16.1. The summed E-state index contributed by atoms with van der Waals surface area (Å²) >= 11 is 0. The average molecular weight is 530 g/mol. The van der Waals surface area contributed by atoms with Gasteiger partial charge in [-0.3, -0.25) is 9.59 Å². The van der Waals surface area contributed by atoms with Gasteiger partial charge in [-0.25, -0.2) is 0 Å². The van der Waals surface area contributed by atoms with Gasteiger partial charge in [0.2, 0.25) is 0 Å². The molecule has 0 atom stereocenters. The van der Waals surface area contributed by atoms with E-state index >= 15 is 0 Å². The molecule has 0 aliphatic heterocycles. The zero-order valence-corrected chi connectivity index (χ0v) is 21.9. The molecule has 0 aromatic heterocycles. The van der Waals surface area contributed by atoms with E-state index in [1.54, 1.807) is 12.1 Å². The molecule has 0 saturated carbocycles. The predicted octanol–water partition coefficient (Wildman–Crippen LogP) is 7.34. The maximum atomic E-state index is 13.3. The molecule has 41 heavy (non-hydrogen) atoms. The summed E-state index contributed by atoms with van der Waals surface area (Å²) < 4.78 is 0. The highest BCUT2D eigenvalue weighted by Gasteiger charge is 2.29. The number of fused-ring (bicyclic) bond motifs is 7. The molecule has 0 amide bonds. The van der Waals surface area contributed by atoms with E-state index in [0.717, 1.165) is 55.3 Å². The van der Waals surface area contributed by atoms with Crippen LogP contribution in [0.4, 0.5) is 17.1 Å². The van der Waals surface area contributed by atoms with Crippen LogP contribution < -0.4 is 17.2 Å². The number of carbonyl (C=O) groups excluding carboxylic acids is 2. The maximum Gasteiger partial charge on any atom is 0.194 e. The molecule has 0 spiro atoms. The molecule has 0 heterocycles. The minimum absolute atomic E-state index is 0.0244. The molecule has 0 unspecified atom stereocenters. The molecule has 8 rings (SSSR count). The number of nitrogen functional groups attached to an aromatic ring is 3. The van der Waals surface area contributed by atoms with Gasteiger partial charge in [-0.15, -0.1) is 0 Å². The molecule has 194 valence electrons. The number of anilines is 3. The van der Waals surface area contributed by atoms with Crippen LogP contribution in [0, 0.1) is 0 Å². The number of nitrogens with two attached hydrogens (primary N) is 3. The third kappa shape index (κ3) is 3.23. The fourth-order valence-corrected chi connectivity index (χ4v) is 6.47. The van der Waals surface area contributed by atoms with Gasteiger partial charge in [0.1, 0.15) is 0 Å². The van der Waals surface area contributed by atoms with E-state index in [2.05, 4.69) is 6.07 Å². The topological polar surface area (TPSA) is 112 Å². The first-order valence-corrected chi connectivity index (χ1v) is 13.4. The summed E-state index contributed by atoms with van der Waals surface area (Å²) in [6, 6.07) is 32.9. The van der Waals surface area contributed by atoms with E-state index in [-0.39, 0.29) is 11.6 Å². The largest absolute Gasteiger partial charge is 0.399 e. The molecule has 0 saturated heterocycles. The zero-order valence-electron chi connectivity index (χ0n) is 21.9. The molecule has 6 aromatic carbocycles. The van der Waals surface area contributed by atoms with Crippen molar-refractivity contribution >= 4 is 39.4 Å². The zero-order chi connectivity index (χ0) is 28.0. The van der Waals surface area contributed by atoms with Gasteiger partial charge in [-0.2, -0.15) is 0 Å². The van der Waals surface area contributed by atoms with Crippen LogP contribution in [0.3, 0.4) is 0 Å². The Kier molecular flexibility index (Phi) is 4.62. The van der Waals surface area contributed by atoms with E-state index in [0.29, 0.717) is 39.3 Å². The first kappa shape index (κ1) is 23.2. The Hall–Kier alpha value is -5.68. The molecule has 2 aliphatic carbocycles. The Morgan fingerprint density at radius 1 is 0.390 bits per heavy atom. The van der Waals surface area contributed by atoms with Crippen LogP contribution in [0.2, 0.25) is 0 Å². The summed E-state index contributed by atoms with van der Waals surface area (Å²) in [4.78, 5) is 26.6. The molecule has 6 aromatic rings. The van der Waals surface area contributed by atoms with Crippen LogP contribution in [0.5, 0.6) is 0 Å². The second-order valence-electron chi connectivity index (χ2n) is 10.7. The Morgan fingerprint density at radius 3 is 1.44 bits per heavy atom. The summed E-state index contributed by atoms with van der Waals surface area (Å²) in [7, 11) is 0. The van der Waals surface area contributed by atoms with Crippen LogP contribution in [0.15, 0.2) is 103 Å². The van der Waals surface area contributed by atoms with Crippen molar-refractivity contribution in [1.29, 1.82) is 0 Å². The highest BCUT2D eigenvalue weighted by molar-refractivity contribution is 6.24. The first-order valence-electron chi connectivity index (χ1n) is 13.4. The molecular weight excluding hydrogens is 506 g/mol. The van der Waals surface area contributed by atoms with E-state index in [9.17, 15) is 9.59 Å². The number of ketones is 2. The van der Waals surface area contributed by atoms with Crippen LogP contribution in [-0.2, 0) is 0 Å². The van der Waals surface area contributed by atoms with Crippen molar-refractivity contribution in [3.63, 3.8) is 0 Å². The molecule has 2 aliphatic rings. The lowest BCUT2D eigenvalue weighted by atomic mass is 9.88. The van der Waals surface area contributed by atoms with Crippen molar-refractivity contribution in [2.45, 2.75) is 0 Å². The Labute approximate surface area is 235 Å². The lowest BCUT2D eigenvalue weighted by Gasteiger charge is -2.16. The molecule has 5 nitrogen and oxygen atoms in total. The lowest BCUT2D eigenvalue weighted by molar-refractivity contribution is 0.103. The summed E-state index contributed by atoms with van der Waals surface area (Å²) in [5, 5.41) is 1.98. The molecular formula is C36H23N3O2. The van der Waals surface area contributed by atoms with Gasteiger partial charge in [0.25, 0.3) is 0 Å². The van der Waals surface area contributed by atoms with Crippen molar-refractivity contribution in [1.82, 2.24) is 0 Å². The van der Waals surface area contributed by atoms with Gasteiger partial charge in [0.15, 0.2) is 11.6 Å². The third-order valence-electron chi connectivity index (χ3n) is 8.36. The van der Waals surface area contributed by atoms with Gasteiger partial charge in [-0.1, -0.05) is 60.7 Å². The Morgan fingerprint density at radius 2 is 0.854 bits per heavy atom. The normalized spacial score (nSPS) is 12.8. The standard InChI is InChI=1S/C36H23N3O2/c37-20-7-11-25-23-9-5-18(13-29(23)35(40)31(25)15-20)28-17-33(39)34(27-4-2-1-3-22(27)28)19-6-10-24-26-12-8-21(38)16-32(26)36(41)30(24)14-19/h1-17H,37-39H2. The van der Waals surface area contributed by atoms with E-state index in [1.165, 1.54) is 0 Å². The highest BCUT2D eigenvalue weighted by Crippen LogP contribution is 2.45. The minimum atomic E-state index is -0.0331. The van der Waals surface area contributed by atoms with Crippen molar-refractivity contribution in [3.8, 4) is 44.5 Å². The fraction of sp³-hybridized carbons (Fsp3) is 0. The first-order chi connectivity index (χ1) is 19.9. The van der Waals surface area contributed by atoms with Gasteiger partial charge < -0.3 is 17.2 Å². The SMILES string of the molecule is Nc1ccc2c(c1)C(=O)c1cc(-c3cc(N)c(-c4ccc5c(c4)C(=O)c4cc(N)ccc4-5)c4ccccc34)ccc1-2. The Balaban J connectivity index is 1.28. The minimum Gasteiger partial charge on any atom is -0.399 e. The van der Waals surface area contributed by atoms with Gasteiger partial charge in [0, 0.05) is 44.9 Å². The van der Waals surface area contributed by atoms with Crippen LogP contribution >= 0.6 is 0 Å². The number of benzene rings is 6.